The molecule has 1 aromatic carbocycles. The van der Waals surface area contributed by atoms with Crippen molar-refractivity contribution in [3.05, 3.63) is 29.8 Å². The highest BCUT2D eigenvalue weighted by Crippen LogP contribution is 2.12. The van der Waals surface area contributed by atoms with Crippen molar-refractivity contribution in [2.45, 2.75) is 13.8 Å². The molecular weight excluding hydrogens is 312 g/mol. The second-order valence-corrected chi connectivity index (χ2v) is 4.93. The van der Waals surface area contributed by atoms with Gasteiger partial charge in [0.05, 0.1) is 24.4 Å². The first-order chi connectivity index (χ1) is 11.5. The highest BCUT2D eigenvalue weighted by atomic mass is 16.5. The number of likely N-dealkylation sites (N-methyl/N-ethyl adjacent to an activating group) is 1. The molecule has 8 heteroatoms. The van der Waals surface area contributed by atoms with Gasteiger partial charge in [-0.05, 0) is 26.0 Å². The van der Waals surface area contributed by atoms with Crippen LogP contribution in [0.5, 0.6) is 0 Å². The molecule has 8 nitrogen and oxygen atoms in total. The largest absolute Gasteiger partial charge is 0.450 e. The Morgan fingerprint density at radius 1 is 1.17 bits per heavy atom. The molecule has 1 atom stereocenters. The topological polar surface area (TPSA) is 113 Å². The van der Waals surface area contributed by atoms with Crippen molar-refractivity contribution in [2.75, 3.05) is 31.6 Å². The lowest BCUT2D eigenvalue weighted by Gasteiger charge is -2.16. The third kappa shape index (κ3) is 6.46. The number of nitrogens with one attached hydrogen (secondary N) is 3. The number of carbonyl (C=O) groups excluding carboxylic acids is 3. The molecule has 1 aromatic rings. The van der Waals surface area contributed by atoms with Gasteiger partial charge in [-0.1, -0.05) is 12.1 Å². The molecule has 0 aliphatic heterocycles. The summed E-state index contributed by atoms with van der Waals surface area (Å²) >= 11 is 0. The quantitative estimate of drug-likeness (QED) is 0.633. The Hall–Kier alpha value is -2.92. The minimum Gasteiger partial charge on any atom is -0.450 e. The summed E-state index contributed by atoms with van der Waals surface area (Å²) in [5.41, 5.74) is 0.792. The summed E-state index contributed by atoms with van der Waals surface area (Å²) < 4.78 is 4.62. The van der Waals surface area contributed by atoms with Crippen LogP contribution in [-0.4, -0.2) is 44.1 Å². The van der Waals surface area contributed by atoms with E-state index in [1.54, 1.807) is 31.2 Å². The number of nitrogens with zero attached hydrogens (tertiary/aromatic N) is 1. The van der Waals surface area contributed by atoms with Crippen molar-refractivity contribution in [1.82, 2.24) is 5.32 Å². The molecule has 3 amide bonds. The lowest BCUT2D eigenvalue weighted by molar-refractivity contribution is -0.881. The SMILES string of the molecule is CCOC(=O)NC(=O)C[NH+](CC)CC(=O)Nc1ccccc1C#N. The highest BCUT2D eigenvalue weighted by molar-refractivity contribution is 5.94. The number of hydrogen-bond donors (Lipinski definition) is 3. The van der Waals surface area contributed by atoms with Crippen molar-refractivity contribution in [1.29, 1.82) is 5.26 Å². The number of quaternary nitrogens is 1. The van der Waals surface area contributed by atoms with Crippen molar-refractivity contribution in [3.8, 4) is 6.07 Å². The van der Waals surface area contributed by atoms with Gasteiger partial charge >= 0.3 is 6.09 Å². The van der Waals surface area contributed by atoms with Gasteiger partial charge in [-0.15, -0.1) is 0 Å². The number of anilines is 1. The molecule has 0 spiro atoms. The summed E-state index contributed by atoms with van der Waals surface area (Å²) in [6.45, 7) is 4.14. The molecule has 1 rings (SSSR count). The van der Waals surface area contributed by atoms with Crippen LogP contribution in [0.25, 0.3) is 0 Å². The fourth-order valence-electron chi connectivity index (χ4n) is 1.98. The molecule has 0 heterocycles. The average molecular weight is 333 g/mol. The molecule has 1 unspecified atom stereocenters. The van der Waals surface area contributed by atoms with E-state index in [0.29, 0.717) is 22.7 Å². The zero-order valence-corrected chi connectivity index (χ0v) is 13.7. The van der Waals surface area contributed by atoms with E-state index in [9.17, 15) is 14.4 Å². The Balaban J connectivity index is 2.55. The fourth-order valence-corrected chi connectivity index (χ4v) is 1.98. The molecule has 0 bridgehead atoms. The second-order valence-electron chi connectivity index (χ2n) is 4.93. The van der Waals surface area contributed by atoms with Crippen molar-refractivity contribution in [3.63, 3.8) is 0 Å². The molecular formula is C16H21N4O4+. The van der Waals surface area contributed by atoms with Crippen LogP contribution in [0.2, 0.25) is 0 Å². The van der Waals surface area contributed by atoms with Crippen LogP contribution in [0.4, 0.5) is 10.5 Å². The van der Waals surface area contributed by atoms with E-state index in [2.05, 4.69) is 15.4 Å². The zero-order chi connectivity index (χ0) is 17.9. The van der Waals surface area contributed by atoms with Gasteiger partial charge in [0.25, 0.3) is 11.8 Å². The first-order valence-corrected chi connectivity index (χ1v) is 7.59. The maximum absolute atomic E-state index is 12.1. The number of amides is 3. The number of para-hydroxylation sites is 1. The Bertz CT molecular complexity index is 639. The molecule has 0 aliphatic carbocycles. The van der Waals surface area contributed by atoms with Gasteiger partial charge in [-0.2, -0.15) is 5.26 Å². The van der Waals surface area contributed by atoms with Crippen LogP contribution in [0.15, 0.2) is 24.3 Å². The van der Waals surface area contributed by atoms with Crippen LogP contribution in [0.3, 0.4) is 0 Å². The molecule has 0 saturated heterocycles. The number of ether oxygens (including phenoxy) is 1. The number of nitriles is 1. The summed E-state index contributed by atoms with van der Waals surface area (Å²) in [7, 11) is 0. The molecule has 24 heavy (non-hydrogen) atoms. The molecule has 0 aliphatic rings. The van der Waals surface area contributed by atoms with Crippen LogP contribution >= 0.6 is 0 Å². The molecule has 0 radical (unpaired) electrons. The lowest BCUT2D eigenvalue weighted by atomic mass is 10.2. The number of imide groups is 1. The van der Waals surface area contributed by atoms with E-state index in [4.69, 9.17) is 5.26 Å². The van der Waals surface area contributed by atoms with E-state index in [0.717, 1.165) is 0 Å². The number of rotatable bonds is 7. The number of hydrogen-bond acceptors (Lipinski definition) is 5. The van der Waals surface area contributed by atoms with Crippen molar-refractivity contribution >= 4 is 23.6 Å². The van der Waals surface area contributed by atoms with Gasteiger partial charge in [0.2, 0.25) is 0 Å². The smallest absolute Gasteiger partial charge is 0.414 e. The average Bonchev–Trinajstić information content (AvgIpc) is 2.54. The standard InChI is InChI=1S/C16H20N4O4/c1-3-20(11-15(22)19-16(23)24-4-2)10-14(21)18-13-8-6-5-7-12(13)9-17/h5-8H,3-4,10-11H2,1-2H3,(H,18,21)(H,19,22,23)/p+1. The third-order valence-electron chi connectivity index (χ3n) is 3.16. The van der Waals surface area contributed by atoms with Crippen molar-refractivity contribution in [2.24, 2.45) is 0 Å². The van der Waals surface area contributed by atoms with E-state index < -0.39 is 12.0 Å². The zero-order valence-electron chi connectivity index (χ0n) is 13.7. The van der Waals surface area contributed by atoms with E-state index in [1.165, 1.54) is 0 Å². The monoisotopic (exact) mass is 333 g/mol. The number of carbonyl (C=O) groups is 3. The molecule has 0 aromatic heterocycles. The van der Waals surface area contributed by atoms with Crippen LogP contribution < -0.4 is 15.5 Å². The first kappa shape index (κ1) is 19.1. The minimum atomic E-state index is -0.801. The van der Waals surface area contributed by atoms with Crippen molar-refractivity contribution < 1.29 is 24.0 Å². The van der Waals surface area contributed by atoms with Gasteiger partial charge in [-0.25, -0.2) is 4.79 Å². The Morgan fingerprint density at radius 2 is 1.83 bits per heavy atom. The number of benzene rings is 1. The summed E-state index contributed by atoms with van der Waals surface area (Å²) in [6, 6.07) is 8.66. The lowest BCUT2D eigenvalue weighted by Crippen LogP contribution is -3.14. The van der Waals surface area contributed by atoms with E-state index >= 15 is 0 Å². The molecule has 0 saturated carbocycles. The van der Waals surface area contributed by atoms with Gasteiger partial charge in [0.1, 0.15) is 6.07 Å². The number of alkyl carbamates (subject to hydrolysis) is 1. The van der Waals surface area contributed by atoms with Gasteiger partial charge < -0.3 is 15.0 Å². The Kier molecular flexibility index (Phi) is 7.94. The molecule has 3 N–H and O–H groups in total. The maximum Gasteiger partial charge on any atom is 0.414 e. The Morgan fingerprint density at radius 3 is 2.46 bits per heavy atom. The van der Waals surface area contributed by atoms with Gasteiger partial charge in [0.15, 0.2) is 13.1 Å². The van der Waals surface area contributed by atoms with Crippen LogP contribution in [0, 0.1) is 11.3 Å². The maximum atomic E-state index is 12.1. The highest BCUT2D eigenvalue weighted by Gasteiger charge is 2.19. The predicted molar refractivity (Wildman–Crippen MR) is 86.2 cm³/mol. The summed E-state index contributed by atoms with van der Waals surface area (Å²) in [6.07, 6.45) is -0.801. The summed E-state index contributed by atoms with van der Waals surface area (Å²) in [5, 5.41) is 13.7. The minimum absolute atomic E-state index is 0.0342. The fraction of sp³-hybridized carbons (Fsp3) is 0.375. The Labute approximate surface area is 140 Å². The summed E-state index contributed by atoms with van der Waals surface area (Å²) in [4.78, 5) is 35.7. The normalized spacial score (nSPS) is 11.0. The first-order valence-electron chi connectivity index (χ1n) is 7.59. The summed E-state index contributed by atoms with van der Waals surface area (Å²) in [5.74, 6) is -0.839. The second kappa shape index (κ2) is 9.97. The van der Waals surface area contributed by atoms with Gasteiger partial charge in [0, 0.05) is 0 Å². The van der Waals surface area contributed by atoms with Crippen LogP contribution in [-0.2, 0) is 14.3 Å². The molecule has 128 valence electrons. The molecule has 0 fully saturated rings. The van der Waals surface area contributed by atoms with E-state index in [-0.39, 0.29) is 25.6 Å². The van der Waals surface area contributed by atoms with E-state index in [1.807, 2.05) is 13.0 Å². The predicted octanol–water partition coefficient (Wildman–Crippen LogP) is -0.326. The van der Waals surface area contributed by atoms with Crippen LogP contribution in [0.1, 0.15) is 19.4 Å². The van der Waals surface area contributed by atoms with Gasteiger partial charge in [-0.3, -0.25) is 14.9 Å². The third-order valence-corrected chi connectivity index (χ3v) is 3.16.